The number of thioether (sulfide) groups is 1. The van der Waals surface area contributed by atoms with E-state index < -0.39 is 10.1 Å². The average molecular weight is 348 g/mol. The topological polar surface area (TPSA) is 79.5 Å². The Morgan fingerprint density at radius 2 is 2.13 bits per heavy atom. The Morgan fingerprint density at radius 3 is 2.78 bits per heavy atom. The van der Waals surface area contributed by atoms with Gasteiger partial charge in [0.15, 0.2) is 0 Å². The molecule has 1 heterocycles. The summed E-state index contributed by atoms with van der Waals surface area (Å²) < 4.78 is 27.9. The first kappa shape index (κ1) is 17.3. The molecule has 0 aliphatic carbocycles. The van der Waals surface area contributed by atoms with Gasteiger partial charge in [-0.25, -0.2) is 0 Å². The van der Waals surface area contributed by atoms with Crippen LogP contribution in [0.4, 0.5) is 0 Å². The summed E-state index contributed by atoms with van der Waals surface area (Å²) in [4.78, 5) is 0. The van der Waals surface area contributed by atoms with E-state index in [-0.39, 0.29) is 5.75 Å². The van der Waals surface area contributed by atoms with E-state index in [2.05, 4.69) is 11.2 Å². The fraction of sp³-hybridized carbons (Fsp3) is 0.250. The van der Waals surface area contributed by atoms with Crippen molar-refractivity contribution >= 4 is 32.5 Å². The van der Waals surface area contributed by atoms with Crippen molar-refractivity contribution in [2.24, 2.45) is 5.16 Å². The van der Waals surface area contributed by atoms with Crippen LogP contribution in [0.1, 0.15) is 24.5 Å². The molecule has 1 aliphatic heterocycles. The molecule has 0 atom stereocenters. The Morgan fingerprint density at radius 1 is 1.39 bits per heavy atom. The number of aryl methyl sites for hydroxylation is 1. The summed E-state index contributed by atoms with van der Waals surface area (Å²) in [6.07, 6.45) is 2.19. The molecule has 0 saturated heterocycles. The molecule has 1 aliphatic rings. The first-order valence-electron chi connectivity index (χ1n) is 7.01. The second-order valence-electron chi connectivity index (χ2n) is 4.87. The molecule has 7 heteroatoms. The Hall–Kier alpha value is -2.04. The second kappa shape index (κ2) is 7.49. The first-order chi connectivity index (χ1) is 11.0. The molecule has 120 valence electrons. The Balaban J connectivity index is 2.42. The Bertz CT molecular complexity index is 831. The van der Waals surface area contributed by atoms with Crippen molar-refractivity contribution in [2.45, 2.75) is 20.3 Å². The van der Waals surface area contributed by atoms with Gasteiger partial charge >= 0.3 is 10.1 Å². The van der Waals surface area contributed by atoms with Gasteiger partial charge in [0, 0.05) is 5.57 Å². The summed E-state index contributed by atoms with van der Waals surface area (Å²) in [5, 5.41) is 15.4. The normalized spacial score (nSPS) is 18.0. The fourth-order valence-corrected chi connectivity index (χ4v) is 3.58. The average Bonchev–Trinajstić information content (AvgIpc) is 2.96. The minimum atomic E-state index is -3.68. The number of benzene rings is 1. The van der Waals surface area contributed by atoms with Gasteiger partial charge in [0.05, 0.1) is 11.3 Å². The van der Waals surface area contributed by atoms with Crippen molar-refractivity contribution in [1.29, 1.82) is 5.26 Å². The van der Waals surface area contributed by atoms with E-state index in [4.69, 9.17) is 4.28 Å². The van der Waals surface area contributed by atoms with Gasteiger partial charge in [-0.2, -0.15) is 13.7 Å². The van der Waals surface area contributed by atoms with E-state index in [1.807, 2.05) is 31.2 Å². The van der Waals surface area contributed by atoms with E-state index in [0.29, 0.717) is 22.6 Å². The van der Waals surface area contributed by atoms with Crippen LogP contribution < -0.4 is 0 Å². The predicted molar refractivity (Wildman–Crippen MR) is 93.0 cm³/mol. The molecule has 1 aromatic carbocycles. The quantitative estimate of drug-likeness (QED) is 0.600. The zero-order valence-electron chi connectivity index (χ0n) is 12.8. The molecule has 0 N–H and O–H groups in total. The van der Waals surface area contributed by atoms with E-state index >= 15 is 0 Å². The number of rotatable bonds is 5. The highest BCUT2D eigenvalue weighted by atomic mass is 32.2. The molecule has 0 aromatic heterocycles. The highest BCUT2D eigenvalue weighted by Gasteiger charge is 2.20. The van der Waals surface area contributed by atoms with Gasteiger partial charge in [-0.3, -0.25) is 4.28 Å². The minimum absolute atomic E-state index is 0.0934. The van der Waals surface area contributed by atoms with Gasteiger partial charge in [0.25, 0.3) is 0 Å². The third kappa shape index (κ3) is 4.24. The number of nitriles is 1. The lowest BCUT2D eigenvalue weighted by Gasteiger charge is -2.07. The summed E-state index contributed by atoms with van der Waals surface area (Å²) in [7, 11) is -3.68. The molecule has 23 heavy (non-hydrogen) atoms. The SMILES string of the molecule is CCCS(=O)(=O)ON=C1SC=C/C1=C(/C#N)c1ccccc1C. The van der Waals surface area contributed by atoms with Crippen molar-refractivity contribution in [1.82, 2.24) is 0 Å². The number of hydrogen-bond donors (Lipinski definition) is 0. The summed E-state index contributed by atoms with van der Waals surface area (Å²) in [6.45, 7) is 3.66. The summed E-state index contributed by atoms with van der Waals surface area (Å²) >= 11 is 1.22. The monoisotopic (exact) mass is 348 g/mol. The number of oxime groups is 1. The summed E-state index contributed by atoms with van der Waals surface area (Å²) in [6, 6.07) is 9.70. The Labute approximate surface area is 140 Å². The van der Waals surface area contributed by atoms with Gasteiger partial charge in [-0.1, -0.05) is 48.1 Å². The molecule has 0 saturated carbocycles. The molecule has 5 nitrogen and oxygen atoms in total. The van der Waals surface area contributed by atoms with Crippen LogP contribution in [-0.4, -0.2) is 19.2 Å². The molecule has 0 bridgehead atoms. The van der Waals surface area contributed by atoms with Crippen LogP contribution >= 0.6 is 11.8 Å². The maximum Gasteiger partial charge on any atom is 0.328 e. The lowest BCUT2D eigenvalue weighted by atomic mass is 9.97. The smallest absolute Gasteiger partial charge is 0.267 e. The maximum absolute atomic E-state index is 11.6. The third-order valence-corrected chi connectivity index (χ3v) is 5.13. The number of allylic oxidation sites excluding steroid dienone is 2. The molecule has 0 radical (unpaired) electrons. The van der Waals surface area contributed by atoms with Crippen molar-refractivity contribution in [3.8, 4) is 6.07 Å². The zero-order chi connectivity index (χ0) is 16.9. The van der Waals surface area contributed by atoms with Crippen molar-refractivity contribution in [3.05, 3.63) is 52.4 Å². The van der Waals surface area contributed by atoms with Crippen LogP contribution in [0.5, 0.6) is 0 Å². The van der Waals surface area contributed by atoms with Gasteiger partial charge in [0.1, 0.15) is 11.1 Å². The van der Waals surface area contributed by atoms with E-state index in [1.54, 1.807) is 18.4 Å². The first-order valence-corrected chi connectivity index (χ1v) is 9.47. The van der Waals surface area contributed by atoms with Crippen molar-refractivity contribution < 1.29 is 12.7 Å². The van der Waals surface area contributed by atoms with Crippen LogP contribution in [-0.2, 0) is 14.4 Å². The number of hydrogen-bond acceptors (Lipinski definition) is 6. The van der Waals surface area contributed by atoms with Crippen LogP contribution in [0.15, 0.2) is 46.5 Å². The van der Waals surface area contributed by atoms with Crippen LogP contribution in [0.25, 0.3) is 5.57 Å². The lowest BCUT2D eigenvalue weighted by molar-refractivity contribution is 0.340. The molecule has 0 spiro atoms. The zero-order valence-corrected chi connectivity index (χ0v) is 14.4. The second-order valence-corrected chi connectivity index (χ2v) is 7.44. The van der Waals surface area contributed by atoms with Gasteiger partial charge < -0.3 is 0 Å². The highest BCUT2D eigenvalue weighted by Crippen LogP contribution is 2.32. The van der Waals surface area contributed by atoms with Gasteiger partial charge in [-0.15, -0.1) is 0 Å². The fourth-order valence-electron chi connectivity index (χ4n) is 2.06. The van der Waals surface area contributed by atoms with Crippen molar-refractivity contribution in [2.75, 3.05) is 5.75 Å². The highest BCUT2D eigenvalue weighted by molar-refractivity contribution is 8.17. The summed E-state index contributed by atoms with van der Waals surface area (Å²) in [5.41, 5.74) is 2.76. The molecular weight excluding hydrogens is 332 g/mol. The maximum atomic E-state index is 11.6. The number of nitrogens with zero attached hydrogens (tertiary/aromatic N) is 2. The minimum Gasteiger partial charge on any atom is -0.267 e. The van der Waals surface area contributed by atoms with E-state index in [0.717, 1.165) is 11.1 Å². The van der Waals surface area contributed by atoms with Gasteiger partial charge in [0.2, 0.25) is 0 Å². The van der Waals surface area contributed by atoms with Gasteiger partial charge in [-0.05, 0) is 36.0 Å². The van der Waals surface area contributed by atoms with E-state index in [1.165, 1.54) is 11.8 Å². The largest absolute Gasteiger partial charge is 0.328 e. The van der Waals surface area contributed by atoms with E-state index in [9.17, 15) is 13.7 Å². The molecule has 1 aromatic rings. The molecule has 2 rings (SSSR count). The lowest BCUT2D eigenvalue weighted by Crippen LogP contribution is -2.08. The molecule has 0 fully saturated rings. The standard InChI is InChI=1S/C16H16N2O3S2/c1-3-10-23(19,20)21-18-16-14(8-9-22-16)15(11-17)13-7-5-4-6-12(13)2/h4-9H,3,10H2,1-2H3/b15-14+,18-16?. The Kier molecular flexibility index (Phi) is 5.64. The molecule has 0 unspecified atom stereocenters. The van der Waals surface area contributed by atoms with Crippen LogP contribution in [0.2, 0.25) is 0 Å². The van der Waals surface area contributed by atoms with Crippen LogP contribution in [0, 0.1) is 18.3 Å². The summed E-state index contributed by atoms with van der Waals surface area (Å²) in [5.74, 6) is -0.0934. The predicted octanol–water partition coefficient (Wildman–Crippen LogP) is 3.60. The molecular formula is C16H16N2O3S2. The third-order valence-electron chi connectivity index (χ3n) is 3.13. The molecule has 0 amide bonds. The van der Waals surface area contributed by atoms with Crippen LogP contribution in [0.3, 0.4) is 0 Å². The van der Waals surface area contributed by atoms with Crippen molar-refractivity contribution in [3.63, 3.8) is 0 Å².